The first kappa shape index (κ1) is 30.9. The maximum atomic E-state index is 13.2. The maximum Gasteiger partial charge on any atom is 0.412 e. The second kappa shape index (κ2) is 14.7. The van der Waals surface area contributed by atoms with Crippen LogP contribution in [-0.2, 0) is 22.6 Å². The van der Waals surface area contributed by atoms with Crippen molar-refractivity contribution in [2.24, 2.45) is 5.73 Å². The van der Waals surface area contributed by atoms with Gasteiger partial charge in [-0.2, -0.15) is 0 Å². The molecule has 2 fully saturated rings. The van der Waals surface area contributed by atoms with Crippen molar-refractivity contribution in [2.75, 3.05) is 43.5 Å². The zero-order chi connectivity index (χ0) is 30.9. The van der Waals surface area contributed by atoms with Gasteiger partial charge in [-0.3, -0.25) is 14.9 Å². The molecule has 0 unspecified atom stereocenters. The average Bonchev–Trinajstić information content (AvgIpc) is 3.05. The fourth-order valence-electron chi connectivity index (χ4n) is 5.68. The Bertz CT molecular complexity index is 1420. The molecule has 10 nitrogen and oxygen atoms in total. The fraction of sp³-hybridized carbons (Fsp3) is 0.382. The summed E-state index contributed by atoms with van der Waals surface area (Å²) in [4.78, 5) is 43.1. The average molecular weight is 600 g/mol. The molecule has 3 aromatic rings. The number of amides is 3. The number of methoxy groups -OCH3 is 1. The van der Waals surface area contributed by atoms with E-state index in [1.807, 2.05) is 65.6 Å². The molecule has 3 amide bonds. The molecule has 0 bridgehead atoms. The van der Waals surface area contributed by atoms with Crippen LogP contribution in [0.3, 0.4) is 0 Å². The number of carbonyl (C=O) groups is 3. The number of hydrogen-bond acceptors (Lipinski definition) is 7. The first-order chi connectivity index (χ1) is 21.4. The molecular formula is C34H41N5O5. The number of hydrogen-bond donors (Lipinski definition) is 3. The molecule has 1 saturated heterocycles. The lowest BCUT2D eigenvalue weighted by Gasteiger charge is -2.37. The molecule has 0 atom stereocenters. The minimum atomic E-state index is -0.609. The highest BCUT2D eigenvalue weighted by molar-refractivity contribution is 5.99. The lowest BCUT2D eigenvalue weighted by atomic mass is 9.91. The summed E-state index contributed by atoms with van der Waals surface area (Å²) in [6.45, 7) is 2.37. The largest absolute Gasteiger partial charge is 0.497 e. The summed E-state index contributed by atoms with van der Waals surface area (Å²) < 4.78 is 10.7. The number of nitrogens with two attached hydrogens (primary N) is 1. The van der Waals surface area contributed by atoms with Gasteiger partial charge in [-0.05, 0) is 67.1 Å². The van der Waals surface area contributed by atoms with Crippen molar-refractivity contribution >= 4 is 29.3 Å². The maximum absolute atomic E-state index is 13.2. The molecule has 1 aliphatic carbocycles. The summed E-state index contributed by atoms with van der Waals surface area (Å²) in [6, 6.07) is 22.6. The van der Waals surface area contributed by atoms with Crippen molar-refractivity contribution in [2.45, 2.75) is 50.8 Å². The fourth-order valence-corrected chi connectivity index (χ4v) is 5.68. The SMILES string of the molecule is COc1ccc(CC(=O)N2CCN(c3ccc(C(=O)NC4CCC(N)CC4)cc3NC(=O)OCc3ccccc3)CC2)cc1. The van der Waals surface area contributed by atoms with Gasteiger partial charge in [0.05, 0.1) is 24.9 Å². The number of benzene rings is 3. The topological polar surface area (TPSA) is 126 Å². The molecule has 1 saturated carbocycles. The minimum absolute atomic E-state index is 0.0633. The molecule has 3 aromatic carbocycles. The second-order valence-corrected chi connectivity index (χ2v) is 11.4. The van der Waals surface area contributed by atoms with Crippen LogP contribution in [-0.4, -0.2) is 68.2 Å². The van der Waals surface area contributed by atoms with Gasteiger partial charge >= 0.3 is 6.09 Å². The molecule has 2 aliphatic rings. The zero-order valence-corrected chi connectivity index (χ0v) is 25.2. The molecule has 0 spiro atoms. The number of nitrogens with one attached hydrogen (secondary N) is 2. The Morgan fingerprint density at radius 1 is 0.864 bits per heavy atom. The predicted octanol–water partition coefficient (Wildman–Crippen LogP) is 4.33. The Labute approximate surface area is 258 Å². The summed E-state index contributed by atoms with van der Waals surface area (Å²) in [5, 5.41) is 5.99. The van der Waals surface area contributed by atoms with E-state index in [1.54, 1.807) is 19.2 Å². The Morgan fingerprint density at radius 2 is 1.57 bits per heavy atom. The van der Waals surface area contributed by atoms with Crippen LogP contribution in [0.15, 0.2) is 72.8 Å². The van der Waals surface area contributed by atoms with E-state index in [-0.39, 0.29) is 30.5 Å². The van der Waals surface area contributed by atoms with Gasteiger partial charge in [-0.25, -0.2) is 4.79 Å². The number of nitrogens with zero attached hydrogens (tertiary/aromatic N) is 2. The van der Waals surface area contributed by atoms with Crippen molar-refractivity contribution in [3.05, 3.63) is 89.5 Å². The molecule has 1 aliphatic heterocycles. The van der Waals surface area contributed by atoms with Gasteiger partial charge in [0, 0.05) is 43.8 Å². The van der Waals surface area contributed by atoms with E-state index in [4.69, 9.17) is 15.2 Å². The van der Waals surface area contributed by atoms with Crippen molar-refractivity contribution in [3.63, 3.8) is 0 Å². The van der Waals surface area contributed by atoms with E-state index in [0.29, 0.717) is 43.9 Å². The standard InChI is InChI=1S/C34H41N5O5/c1-43-29-14-7-24(8-15-29)21-32(40)39-19-17-38(18-20-39)31-16-9-26(33(41)36-28-12-10-27(35)11-13-28)22-30(31)37-34(42)44-23-25-5-3-2-4-6-25/h2-9,14-16,22,27-28H,10-13,17-21,23,35H2,1H3,(H,36,41)(H,37,42). The molecule has 232 valence electrons. The van der Waals surface area contributed by atoms with Crippen molar-refractivity contribution in [1.29, 1.82) is 0 Å². The molecule has 0 aromatic heterocycles. The number of piperazine rings is 1. The molecule has 4 N–H and O–H groups in total. The molecule has 1 heterocycles. The first-order valence-corrected chi connectivity index (χ1v) is 15.2. The number of anilines is 2. The summed E-state index contributed by atoms with van der Waals surface area (Å²) in [5.74, 6) is 0.630. The molecule has 5 rings (SSSR count). The van der Waals surface area contributed by atoms with E-state index in [2.05, 4.69) is 15.5 Å². The Balaban J connectivity index is 1.25. The van der Waals surface area contributed by atoms with Crippen LogP contribution in [0.1, 0.15) is 47.2 Å². The monoisotopic (exact) mass is 599 g/mol. The van der Waals surface area contributed by atoms with Crippen LogP contribution in [0.2, 0.25) is 0 Å². The van der Waals surface area contributed by atoms with E-state index >= 15 is 0 Å². The third kappa shape index (κ3) is 8.29. The van der Waals surface area contributed by atoms with Gasteiger partial charge in [-0.1, -0.05) is 42.5 Å². The highest BCUT2D eigenvalue weighted by Gasteiger charge is 2.25. The quantitative estimate of drug-likeness (QED) is 0.334. The minimum Gasteiger partial charge on any atom is -0.497 e. The third-order valence-electron chi connectivity index (χ3n) is 8.30. The Hall–Kier alpha value is -4.57. The predicted molar refractivity (Wildman–Crippen MR) is 170 cm³/mol. The van der Waals surface area contributed by atoms with Crippen molar-refractivity contribution in [1.82, 2.24) is 10.2 Å². The lowest BCUT2D eigenvalue weighted by molar-refractivity contribution is -0.130. The van der Waals surface area contributed by atoms with Crippen LogP contribution in [0.5, 0.6) is 5.75 Å². The Kier molecular flexibility index (Phi) is 10.3. The summed E-state index contributed by atoms with van der Waals surface area (Å²) >= 11 is 0. The highest BCUT2D eigenvalue weighted by Crippen LogP contribution is 2.29. The van der Waals surface area contributed by atoms with Crippen LogP contribution >= 0.6 is 0 Å². The van der Waals surface area contributed by atoms with Gasteiger partial charge in [0.15, 0.2) is 0 Å². The van der Waals surface area contributed by atoms with Crippen LogP contribution in [0.4, 0.5) is 16.2 Å². The van der Waals surface area contributed by atoms with Gasteiger partial charge < -0.3 is 30.3 Å². The van der Waals surface area contributed by atoms with Crippen LogP contribution in [0.25, 0.3) is 0 Å². The summed E-state index contributed by atoms with van der Waals surface area (Å²) in [6.07, 6.45) is 3.19. The van der Waals surface area contributed by atoms with E-state index in [0.717, 1.165) is 48.2 Å². The molecule has 10 heteroatoms. The molecule has 44 heavy (non-hydrogen) atoms. The van der Waals surface area contributed by atoms with Gasteiger partial charge in [0.25, 0.3) is 5.91 Å². The van der Waals surface area contributed by atoms with Crippen LogP contribution < -0.4 is 26.0 Å². The summed E-state index contributed by atoms with van der Waals surface area (Å²) in [7, 11) is 1.62. The van der Waals surface area contributed by atoms with E-state index < -0.39 is 6.09 Å². The molecule has 0 radical (unpaired) electrons. The van der Waals surface area contributed by atoms with E-state index in [9.17, 15) is 14.4 Å². The highest BCUT2D eigenvalue weighted by atomic mass is 16.5. The van der Waals surface area contributed by atoms with Gasteiger partial charge in [0.1, 0.15) is 12.4 Å². The Morgan fingerprint density at radius 3 is 2.25 bits per heavy atom. The van der Waals surface area contributed by atoms with Crippen molar-refractivity contribution in [3.8, 4) is 5.75 Å². The second-order valence-electron chi connectivity index (χ2n) is 11.4. The number of rotatable bonds is 9. The third-order valence-corrected chi connectivity index (χ3v) is 8.30. The molecular weight excluding hydrogens is 558 g/mol. The zero-order valence-electron chi connectivity index (χ0n) is 25.2. The first-order valence-electron chi connectivity index (χ1n) is 15.2. The van der Waals surface area contributed by atoms with Gasteiger partial charge in [0.2, 0.25) is 5.91 Å². The van der Waals surface area contributed by atoms with Crippen molar-refractivity contribution < 1.29 is 23.9 Å². The summed E-state index contributed by atoms with van der Waals surface area (Å²) in [5.41, 5.74) is 9.54. The smallest absolute Gasteiger partial charge is 0.412 e. The van der Waals surface area contributed by atoms with Gasteiger partial charge in [-0.15, -0.1) is 0 Å². The number of carbonyl (C=O) groups excluding carboxylic acids is 3. The lowest BCUT2D eigenvalue weighted by Crippen LogP contribution is -2.49. The number of ether oxygens (including phenoxy) is 2. The van der Waals surface area contributed by atoms with E-state index in [1.165, 1.54) is 0 Å². The van der Waals surface area contributed by atoms with Crippen LogP contribution in [0, 0.1) is 0 Å². The normalized spacial score (nSPS) is 18.3.